The highest BCUT2D eigenvalue weighted by Crippen LogP contribution is 2.31. The fraction of sp³-hybridized carbons (Fsp3) is 0.955. The summed E-state index contributed by atoms with van der Waals surface area (Å²) in [6.07, 6.45) is 17.2. The summed E-state index contributed by atoms with van der Waals surface area (Å²) in [5, 5.41) is 7.97. The quantitative estimate of drug-likeness (QED) is 0.413. The predicted molar refractivity (Wildman–Crippen MR) is 114 cm³/mol. The third-order valence-corrected chi connectivity index (χ3v) is 8.03. The van der Waals surface area contributed by atoms with Crippen molar-refractivity contribution in [3.8, 4) is 0 Å². The molecule has 6 atom stereocenters. The van der Waals surface area contributed by atoms with Gasteiger partial charge >= 0.3 is 0 Å². The van der Waals surface area contributed by atoms with Crippen molar-refractivity contribution >= 4 is 17.5 Å². The van der Waals surface area contributed by atoms with Crippen molar-refractivity contribution in [2.75, 3.05) is 0 Å². The lowest BCUT2D eigenvalue weighted by atomic mass is 9.81. The minimum atomic E-state index is 0.0551. The minimum Gasteiger partial charge on any atom is -0.307 e. The fourth-order valence-corrected chi connectivity index (χ4v) is 6.36. The van der Waals surface area contributed by atoms with Crippen LogP contribution in [0, 0.1) is 11.8 Å². The lowest BCUT2D eigenvalue weighted by Gasteiger charge is -2.47. The van der Waals surface area contributed by atoms with Crippen LogP contribution >= 0.6 is 11.6 Å². The number of rotatable bonds is 5. The van der Waals surface area contributed by atoms with Crippen molar-refractivity contribution in [3.63, 3.8) is 0 Å². The second kappa shape index (κ2) is 10.1. The van der Waals surface area contributed by atoms with E-state index in [-0.39, 0.29) is 23.4 Å². The lowest BCUT2D eigenvalue weighted by Crippen LogP contribution is -2.72. The Morgan fingerprint density at radius 2 is 1.57 bits per heavy atom. The Labute approximate surface area is 175 Å². The van der Waals surface area contributed by atoms with E-state index in [9.17, 15) is 4.79 Å². The third-order valence-electron chi connectivity index (χ3n) is 7.63. The van der Waals surface area contributed by atoms with Gasteiger partial charge in [0.2, 0.25) is 5.91 Å². The molecule has 1 saturated heterocycles. The van der Waals surface area contributed by atoms with E-state index in [0.29, 0.717) is 18.1 Å². The zero-order valence-electron chi connectivity index (χ0n) is 17.2. The van der Waals surface area contributed by atoms with Crippen LogP contribution in [0.3, 0.4) is 0 Å². The maximum atomic E-state index is 12.7. The highest BCUT2D eigenvalue weighted by Gasteiger charge is 2.38. The van der Waals surface area contributed by atoms with Crippen LogP contribution in [0.4, 0.5) is 0 Å². The van der Waals surface area contributed by atoms with Crippen LogP contribution in [0.1, 0.15) is 89.9 Å². The molecule has 4 aliphatic rings. The standard InChI is InChI=1S/C22H39ClN4O/c23-17-10-6-9-16(14-17)22(28)27-26-21-20(13-15-7-2-1-3-8-15)24-18-11-4-5-12-19(18)25-21/h15-21,24-26H,1-14H2,(H,27,28). The van der Waals surface area contributed by atoms with Crippen LogP contribution in [-0.2, 0) is 4.79 Å². The molecule has 5 nitrogen and oxygen atoms in total. The van der Waals surface area contributed by atoms with Gasteiger partial charge in [-0.3, -0.25) is 15.5 Å². The number of nitrogens with one attached hydrogen (secondary N) is 4. The number of halogens is 1. The maximum absolute atomic E-state index is 12.7. The van der Waals surface area contributed by atoms with Crippen molar-refractivity contribution in [3.05, 3.63) is 0 Å². The molecule has 0 aromatic carbocycles. The smallest absolute Gasteiger partial charge is 0.237 e. The summed E-state index contributed by atoms with van der Waals surface area (Å²) >= 11 is 6.29. The first kappa shape index (κ1) is 20.9. The summed E-state index contributed by atoms with van der Waals surface area (Å²) in [5.74, 6) is 0.998. The molecule has 4 N–H and O–H groups in total. The first-order valence-corrected chi connectivity index (χ1v) is 12.3. The van der Waals surface area contributed by atoms with E-state index in [1.807, 2.05) is 0 Å². The van der Waals surface area contributed by atoms with Crippen LogP contribution in [0.25, 0.3) is 0 Å². The molecule has 3 saturated carbocycles. The molecule has 0 aromatic heterocycles. The van der Waals surface area contributed by atoms with Gasteiger partial charge in [0.05, 0.1) is 6.17 Å². The molecule has 3 aliphatic carbocycles. The molecule has 0 spiro atoms. The molecule has 1 amide bonds. The molecule has 1 aliphatic heterocycles. The van der Waals surface area contributed by atoms with E-state index < -0.39 is 0 Å². The van der Waals surface area contributed by atoms with E-state index in [2.05, 4.69) is 21.5 Å². The number of hydrogen-bond acceptors (Lipinski definition) is 4. The molecule has 6 heteroatoms. The van der Waals surface area contributed by atoms with Gasteiger partial charge in [0, 0.05) is 29.4 Å². The van der Waals surface area contributed by atoms with E-state index >= 15 is 0 Å². The zero-order chi connectivity index (χ0) is 19.3. The van der Waals surface area contributed by atoms with Gasteiger partial charge in [0.1, 0.15) is 0 Å². The highest BCUT2D eigenvalue weighted by atomic mass is 35.5. The Morgan fingerprint density at radius 3 is 2.32 bits per heavy atom. The second-order valence-electron chi connectivity index (χ2n) is 9.75. The van der Waals surface area contributed by atoms with E-state index in [1.165, 1.54) is 64.2 Å². The Morgan fingerprint density at radius 1 is 0.857 bits per heavy atom. The van der Waals surface area contributed by atoms with E-state index in [4.69, 9.17) is 11.6 Å². The van der Waals surface area contributed by atoms with Gasteiger partial charge in [-0.15, -0.1) is 11.6 Å². The number of amides is 1. The first-order valence-electron chi connectivity index (χ1n) is 11.9. The molecular formula is C22H39ClN4O. The predicted octanol–water partition coefficient (Wildman–Crippen LogP) is 3.57. The SMILES string of the molecule is O=C(NNC1NC2CCCCC2NC1CC1CCCCC1)C1CCCC(Cl)C1. The third kappa shape index (κ3) is 5.41. The summed E-state index contributed by atoms with van der Waals surface area (Å²) in [6.45, 7) is 0. The van der Waals surface area contributed by atoms with Crippen molar-refractivity contribution in [1.82, 2.24) is 21.5 Å². The number of carbonyl (C=O) groups excluding carboxylic acids is 1. The van der Waals surface area contributed by atoms with Gasteiger partial charge in [-0.25, -0.2) is 5.43 Å². The Hall–Kier alpha value is -0.360. The van der Waals surface area contributed by atoms with Crippen molar-refractivity contribution < 1.29 is 4.79 Å². The zero-order valence-corrected chi connectivity index (χ0v) is 18.0. The number of alkyl halides is 1. The van der Waals surface area contributed by atoms with Crippen molar-refractivity contribution in [2.45, 2.75) is 120 Å². The van der Waals surface area contributed by atoms with Gasteiger partial charge in [-0.05, 0) is 44.4 Å². The number of hydrogen-bond donors (Lipinski definition) is 4. The van der Waals surface area contributed by atoms with Gasteiger partial charge in [0.15, 0.2) is 0 Å². The average Bonchev–Trinajstić information content (AvgIpc) is 2.72. The monoisotopic (exact) mass is 410 g/mol. The maximum Gasteiger partial charge on any atom is 0.237 e. The molecule has 4 rings (SSSR count). The normalized spacial score (nSPS) is 39.9. The van der Waals surface area contributed by atoms with Gasteiger partial charge in [-0.1, -0.05) is 51.4 Å². The average molecular weight is 411 g/mol. The van der Waals surface area contributed by atoms with Crippen LogP contribution in [-0.4, -0.2) is 35.6 Å². The molecule has 1 heterocycles. The minimum absolute atomic E-state index is 0.0551. The fourth-order valence-electron chi connectivity index (χ4n) is 6.00. The molecule has 4 fully saturated rings. The number of hydrazine groups is 1. The van der Waals surface area contributed by atoms with Crippen molar-refractivity contribution in [2.24, 2.45) is 11.8 Å². The number of fused-ring (bicyclic) bond motifs is 1. The van der Waals surface area contributed by atoms with Crippen molar-refractivity contribution in [1.29, 1.82) is 0 Å². The molecule has 0 aromatic rings. The first-order chi connectivity index (χ1) is 13.7. The Bertz CT molecular complexity index is 511. The van der Waals surface area contributed by atoms with Crippen LogP contribution in [0.15, 0.2) is 0 Å². The summed E-state index contributed by atoms with van der Waals surface area (Å²) in [5.41, 5.74) is 6.45. The van der Waals surface area contributed by atoms with Crippen LogP contribution in [0.2, 0.25) is 0 Å². The van der Waals surface area contributed by atoms with Gasteiger partial charge in [-0.2, -0.15) is 0 Å². The summed E-state index contributed by atoms with van der Waals surface area (Å²) in [4.78, 5) is 12.7. The highest BCUT2D eigenvalue weighted by molar-refractivity contribution is 6.20. The summed E-state index contributed by atoms with van der Waals surface area (Å²) < 4.78 is 0. The number of carbonyl (C=O) groups is 1. The Kier molecular flexibility index (Phi) is 7.54. The molecular weight excluding hydrogens is 372 g/mol. The Balaban J connectivity index is 1.34. The molecule has 6 unspecified atom stereocenters. The van der Waals surface area contributed by atoms with E-state index in [0.717, 1.165) is 31.6 Å². The van der Waals surface area contributed by atoms with Crippen LogP contribution < -0.4 is 21.5 Å². The molecule has 160 valence electrons. The topological polar surface area (TPSA) is 65.2 Å². The molecule has 28 heavy (non-hydrogen) atoms. The van der Waals surface area contributed by atoms with E-state index in [1.54, 1.807) is 0 Å². The number of piperazine rings is 1. The second-order valence-corrected chi connectivity index (χ2v) is 10.4. The largest absolute Gasteiger partial charge is 0.307 e. The lowest BCUT2D eigenvalue weighted by molar-refractivity contribution is -0.127. The van der Waals surface area contributed by atoms with Crippen LogP contribution in [0.5, 0.6) is 0 Å². The summed E-state index contributed by atoms with van der Waals surface area (Å²) in [7, 11) is 0. The molecule has 0 radical (unpaired) electrons. The summed E-state index contributed by atoms with van der Waals surface area (Å²) in [6, 6.07) is 1.49. The molecule has 0 bridgehead atoms. The van der Waals surface area contributed by atoms with Gasteiger partial charge < -0.3 is 5.32 Å². The van der Waals surface area contributed by atoms with Gasteiger partial charge in [0.25, 0.3) is 0 Å².